The van der Waals surface area contributed by atoms with Gasteiger partial charge in [0.15, 0.2) is 0 Å². The van der Waals surface area contributed by atoms with Crippen LogP contribution in [0.2, 0.25) is 0 Å². The summed E-state index contributed by atoms with van der Waals surface area (Å²) in [5, 5.41) is 26.8. The number of pyridine rings is 1. The number of H-pyrrole nitrogens is 1. The minimum absolute atomic E-state index is 0.115. The van der Waals surface area contributed by atoms with Gasteiger partial charge in [-0.2, -0.15) is 4.98 Å². The first-order valence-corrected chi connectivity index (χ1v) is 28.5. The molecule has 2 saturated carbocycles. The number of nitrogens with zero attached hydrogens (tertiary/aromatic N) is 5. The van der Waals surface area contributed by atoms with E-state index in [4.69, 9.17) is 19.2 Å². The van der Waals surface area contributed by atoms with Crippen molar-refractivity contribution in [1.82, 2.24) is 19.6 Å². The molecule has 0 bridgehead atoms. The average molecular weight is 1050 g/mol. The molecule has 17 nitrogen and oxygen atoms in total. The van der Waals surface area contributed by atoms with Gasteiger partial charge in [-0.3, -0.25) is 19.8 Å². The van der Waals surface area contributed by atoms with Crippen LogP contribution in [0.1, 0.15) is 132 Å². The molecule has 2 aromatic heterocycles. The van der Waals surface area contributed by atoms with Crippen LogP contribution in [0.5, 0.6) is 5.88 Å². The normalized spacial score (nSPS) is 27.1. The van der Waals surface area contributed by atoms with Crippen LogP contribution >= 0.6 is 0 Å². The molecule has 3 aromatic carbocycles. The van der Waals surface area contributed by atoms with Crippen molar-refractivity contribution >= 4 is 55.4 Å². The Hall–Kier alpha value is -5.79. The van der Waals surface area contributed by atoms with Crippen LogP contribution in [0.25, 0.3) is 11.0 Å². The fraction of sp³-hybridized carbons (Fsp3) is 0.544. The molecule has 5 aromatic rings. The van der Waals surface area contributed by atoms with Gasteiger partial charge in [-0.05, 0) is 155 Å². The molecule has 400 valence electrons. The van der Waals surface area contributed by atoms with E-state index in [1.54, 1.807) is 6.07 Å². The zero-order valence-corrected chi connectivity index (χ0v) is 44.7. The number of carbonyl (C=O) groups is 1. The molecular weight excluding hydrogens is 973 g/mol. The highest BCUT2D eigenvalue weighted by molar-refractivity contribution is 7.90. The maximum Gasteiger partial charge on any atom is 0.293 e. The third-order valence-corrected chi connectivity index (χ3v) is 19.3. The smallest absolute Gasteiger partial charge is 0.293 e. The van der Waals surface area contributed by atoms with Crippen molar-refractivity contribution in [2.24, 2.45) is 11.3 Å². The minimum Gasteiger partial charge on any atom is -0.468 e. The number of nitrogens with one attached hydrogen (secondary N) is 3. The quantitative estimate of drug-likeness (QED) is 0.0641. The first-order chi connectivity index (χ1) is 35.9. The van der Waals surface area contributed by atoms with Crippen molar-refractivity contribution in [3.8, 4) is 5.88 Å². The number of fused-ring (bicyclic) bond motifs is 3. The lowest BCUT2D eigenvalue weighted by Gasteiger charge is -2.59. The lowest BCUT2D eigenvalue weighted by atomic mass is 9.59. The van der Waals surface area contributed by atoms with Crippen LogP contribution in [-0.2, 0) is 19.5 Å². The predicted molar refractivity (Wildman–Crippen MR) is 289 cm³/mol. The standard InChI is InChI=1S/C57H72N8O9S/c1-36(2)42-8-6-7-9-43(42)50-33-56(4,72-5)20-26-63(50)40-31-57(32-40)21-24-62(25-22-57)39-10-12-44(47(29-39)64-46-17-27-73-35-51(46)74-54-49(64)28-38-16-23-58-52(38)60-54)53(66)61-75(70,71)41-11-13-45(48(30-41)65(68)69)59-34-37-14-18-55(3,67)19-15-37/h6-13,16,23,28-30,36-37,40,46,50-51,59,67H,14-15,17-22,24-27,31-35H2,1-5H3,(H,58,60)(H,61,66)/t37?,46-,50-,51-,55?,56+/m0/s1. The van der Waals surface area contributed by atoms with Gasteiger partial charge in [-0.25, -0.2) is 13.1 Å². The first kappa shape index (κ1) is 51.3. The molecular formula is C57H72N8O9S. The minimum atomic E-state index is -4.63. The maximum atomic E-state index is 14.8. The summed E-state index contributed by atoms with van der Waals surface area (Å²) in [6.45, 7) is 12.5. The van der Waals surface area contributed by atoms with Gasteiger partial charge in [0, 0.05) is 75.3 Å². The average Bonchev–Trinajstić information content (AvgIpc) is 3.85. The van der Waals surface area contributed by atoms with E-state index in [-0.39, 0.29) is 40.3 Å². The van der Waals surface area contributed by atoms with Gasteiger partial charge < -0.3 is 39.4 Å². The van der Waals surface area contributed by atoms with E-state index in [2.05, 4.69) is 74.8 Å². The molecule has 2 aliphatic carbocycles. The lowest BCUT2D eigenvalue weighted by molar-refractivity contribution is -0.384. The van der Waals surface area contributed by atoms with E-state index in [0.717, 1.165) is 88.1 Å². The van der Waals surface area contributed by atoms with E-state index in [1.165, 1.54) is 23.3 Å². The summed E-state index contributed by atoms with van der Waals surface area (Å²) in [4.78, 5) is 41.4. The maximum absolute atomic E-state index is 14.8. The fourth-order valence-electron chi connectivity index (χ4n) is 13.3. The van der Waals surface area contributed by atoms with E-state index in [0.29, 0.717) is 73.9 Å². The molecule has 1 spiro atoms. The van der Waals surface area contributed by atoms with E-state index in [9.17, 15) is 28.4 Å². The van der Waals surface area contributed by atoms with Crippen molar-refractivity contribution < 1.29 is 37.5 Å². The van der Waals surface area contributed by atoms with Crippen molar-refractivity contribution in [3.63, 3.8) is 0 Å². The molecule has 4 N–H and O–H groups in total. The summed E-state index contributed by atoms with van der Waals surface area (Å²) in [5.74, 6) is 0.109. The molecule has 4 aliphatic heterocycles. The zero-order chi connectivity index (χ0) is 52.4. The van der Waals surface area contributed by atoms with Crippen molar-refractivity contribution in [2.75, 3.05) is 61.6 Å². The van der Waals surface area contributed by atoms with Gasteiger partial charge >= 0.3 is 0 Å². The number of rotatable bonds is 13. The molecule has 75 heavy (non-hydrogen) atoms. The van der Waals surface area contributed by atoms with Crippen molar-refractivity contribution in [2.45, 2.75) is 145 Å². The van der Waals surface area contributed by atoms with Crippen LogP contribution < -0.4 is 24.6 Å². The Balaban J connectivity index is 0.864. The molecule has 1 amide bonds. The molecule has 18 heteroatoms. The van der Waals surface area contributed by atoms with Crippen molar-refractivity contribution in [3.05, 3.63) is 106 Å². The third kappa shape index (κ3) is 10.1. The van der Waals surface area contributed by atoms with Gasteiger partial charge in [0.25, 0.3) is 21.6 Å². The number of methoxy groups -OCH3 is 1. The second-order valence-corrected chi connectivity index (χ2v) is 25.0. The van der Waals surface area contributed by atoms with E-state index < -0.39 is 43.1 Å². The summed E-state index contributed by atoms with van der Waals surface area (Å²) in [6, 6.07) is 22.6. The monoisotopic (exact) mass is 1040 g/mol. The van der Waals surface area contributed by atoms with Crippen molar-refractivity contribution in [1.29, 1.82) is 0 Å². The number of hydrogen-bond donors (Lipinski definition) is 4. The number of amides is 1. The number of nitro groups is 1. The van der Waals surface area contributed by atoms with Crippen LogP contribution in [0.4, 0.5) is 28.4 Å². The Kier molecular flexibility index (Phi) is 13.7. The second kappa shape index (κ2) is 20.0. The topological polar surface area (TPSA) is 205 Å². The van der Waals surface area contributed by atoms with Gasteiger partial charge in [0.1, 0.15) is 23.1 Å². The highest BCUT2D eigenvalue weighted by Gasteiger charge is 2.52. The number of likely N-dealkylation sites (tertiary alicyclic amines) is 1. The number of aromatic nitrogens is 2. The number of sulfonamides is 1. The summed E-state index contributed by atoms with van der Waals surface area (Å²) in [7, 11) is -2.77. The molecule has 0 radical (unpaired) electrons. The zero-order valence-electron chi connectivity index (χ0n) is 43.8. The Morgan fingerprint density at radius 2 is 1.73 bits per heavy atom. The van der Waals surface area contributed by atoms with Crippen LogP contribution in [-0.4, -0.2) is 115 Å². The number of nitro benzene ring substituents is 1. The van der Waals surface area contributed by atoms with Gasteiger partial charge in [0.2, 0.25) is 5.88 Å². The predicted octanol–water partition coefficient (Wildman–Crippen LogP) is 9.75. The largest absolute Gasteiger partial charge is 0.468 e. The van der Waals surface area contributed by atoms with Gasteiger partial charge in [-0.15, -0.1) is 0 Å². The summed E-state index contributed by atoms with van der Waals surface area (Å²) in [6.07, 6.45) is 11.0. The number of anilines is 4. The SMILES string of the molecule is CO[C@]1(C)CCN(C2CC3(CCN(c4ccc(C(=O)NS(=O)(=O)c5ccc(NCC6CCC(C)(O)CC6)c([N+](=O)[O-])c5)c(N5c6cc7cc[nH]c7nc6O[C@H]6COCC[C@@H]65)c4)CC3)C2)[C@H](c2ccccc2C(C)C)C1. The molecule has 4 atom stereocenters. The van der Waals surface area contributed by atoms with E-state index >= 15 is 0 Å². The van der Waals surface area contributed by atoms with Gasteiger partial charge in [-0.1, -0.05) is 38.1 Å². The number of aromatic amines is 1. The Labute approximate surface area is 439 Å². The molecule has 0 unspecified atom stereocenters. The second-order valence-electron chi connectivity index (χ2n) is 23.3. The fourth-order valence-corrected chi connectivity index (χ4v) is 14.2. The summed E-state index contributed by atoms with van der Waals surface area (Å²) in [5.41, 5.74) is 4.76. The first-order valence-electron chi connectivity index (χ1n) is 27.0. The van der Waals surface area contributed by atoms with Gasteiger partial charge in [0.05, 0.1) is 44.9 Å². The van der Waals surface area contributed by atoms with E-state index in [1.807, 2.05) is 44.5 Å². The lowest BCUT2D eigenvalue weighted by Crippen LogP contribution is -2.58. The molecule has 11 rings (SSSR count). The van der Waals surface area contributed by atoms with Crippen LogP contribution in [0.3, 0.4) is 0 Å². The number of hydrogen-bond acceptors (Lipinski definition) is 14. The highest BCUT2D eigenvalue weighted by Crippen LogP contribution is 2.55. The Morgan fingerprint density at radius 1 is 0.960 bits per heavy atom. The number of benzene rings is 3. The number of carbonyl (C=O) groups excluding carboxylic acids is 1. The number of piperidine rings is 2. The van der Waals surface area contributed by atoms with Crippen LogP contribution in [0.15, 0.2) is 83.9 Å². The summed E-state index contributed by atoms with van der Waals surface area (Å²) < 4.78 is 49.3. The molecule has 6 heterocycles. The Bertz CT molecular complexity index is 3060. The Morgan fingerprint density at radius 3 is 2.48 bits per heavy atom. The van der Waals surface area contributed by atoms with Crippen LogP contribution in [0, 0.1) is 21.4 Å². The summed E-state index contributed by atoms with van der Waals surface area (Å²) >= 11 is 0. The highest BCUT2D eigenvalue weighted by atomic mass is 32.2. The molecule has 6 aliphatic rings. The number of ether oxygens (including phenoxy) is 3. The molecule has 3 saturated heterocycles. The number of aliphatic hydroxyl groups is 1. The molecule has 5 fully saturated rings. The third-order valence-electron chi connectivity index (χ3n) is 17.9.